The van der Waals surface area contributed by atoms with Crippen LogP contribution in [-0.4, -0.2) is 52.0 Å². The van der Waals surface area contributed by atoms with Gasteiger partial charge < -0.3 is 5.73 Å². The summed E-state index contributed by atoms with van der Waals surface area (Å²) in [6.45, 7) is 7.43. The predicted octanol–water partition coefficient (Wildman–Crippen LogP) is 1.65. The van der Waals surface area contributed by atoms with Crippen molar-refractivity contribution in [1.29, 1.82) is 0 Å². The molecule has 2 rings (SSSR count). The van der Waals surface area contributed by atoms with Gasteiger partial charge in [0.1, 0.15) is 0 Å². The number of hydrogen-bond acceptors (Lipinski definition) is 4. The lowest BCUT2D eigenvalue weighted by atomic mass is 10.1. The number of hydrogen-bond donors (Lipinski definition) is 1. The van der Waals surface area contributed by atoms with Gasteiger partial charge in [-0.2, -0.15) is 0 Å². The van der Waals surface area contributed by atoms with Crippen molar-refractivity contribution < 1.29 is 0 Å². The van der Waals surface area contributed by atoms with E-state index in [-0.39, 0.29) is 6.04 Å². The third-order valence-electron chi connectivity index (χ3n) is 3.89. The van der Waals surface area contributed by atoms with Crippen molar-refractivity contribution in [3.63, 3.8) is 0 Å². The Morgan fingerprint density at radius 2 is 1.95 bits per heavy atom. The van der Waals surface area contributed by atoms with Crippen LogP contribution in [0.2, 0.25) is 0 Å². The van der Waals surface area contributed by atoms with E-state index >= 15 is 0 Å². The number of nitrogens with zero attached hydrogens (tertiary/aromatic N) is 3. The third kappa shape index (κ3) is 4.23. The van der Waals surface area contributed by atoms with E-state index in [1.807, 2.05) is 12.4 Å². The molecule has 1 aliphatic rings. The van der Waals surface area contributed by atoms with E-state index in [1.54, 1.807) is 0 Å². The Hall–Kier alpha value is -1.04. The highest BCUT2D eigenvalue weighted by molar-refractivity contribution is 7.80. The molecule has 1 aromatic heterocycles. The molecule has 0 amide bonds. The first-order chi connectivity index (χ1) is 9.70. The molecule has 4 nitrogen and oxygen atoms in total. The molecule has 1 atom stereocenters. The summed E-state index contributed by atoms with van der Waals surface area (Å²) in [4.78, 5) is 9.63. The highest BCUT2D eigenvalue weighted by Gasteiger charge is 2.24. The number of aromatic nitrogens is 1. The molecule has 0 bridgehead atoms. The molecule has 5 heteroatoms. The monoisotopic (exact) mass is 292 g/mol. The fourth-order valence-corrected chi connectivity index (χ4v) is 3.02. The van der Waals surface area contributed by atoms with Crippen molar-refractivity contribution in [2.24, 2.45) is 5.73 Å². The lowest BCUT2D eigenvalue weighted by Crippen LogP contribution is -2.53. The smallest absolute Gasteiger partial charge is 0.0902 e. The highest BCUT2D eigenvalue weighted by Crippen LogP contribution is 2.13. The minimum atomic E-state index is 0.276. The van der Waals surface area contributed by atoms with E-state index in [4.69, 9.17) is 18.0 Å². The Morgan fingerprint density at radius 1 is 1.30 bits per heavy atom. The zero-order valence-electron chi connectivity index (χ0n) is 12.2. The summed E-state index contributed by atoms with van der Waals surface area (Å²) in [5.41, 5.74) is 7.21. The maximum Gasteiger partial charge on any atom is 0.0902 e. The molecule has 1 aromatic rings. The number of rotatable bonds is 6. The Balaban J connectivity index is 1.84. The van der Waals surface area contributed by atoms with Crippen LogP contribution in [0.15, 0.2) is 24.5 Å². The number of piperazine rings is 1. The van der Waals surface area contributed by atoms with Crippen LogP contribution in [0.25, 0.3) is 0 Å². The highest BCUT2D eigenvalue weighted by atomic mass is 32.1. The normalized spacial score (nSPS) is 18.9. The minimum Gasteiger partial charge on any atom is -0.392 e. The maximum absolute atomic E-state index is 5.88. The average Bonchev–Trinajstić information content (AvgIpc) is 2.47. The Bertz CT molecular complexity index is 415. The van der Waals surface area contributed by atoms with Gasteiger partial charge in [-0.3, -0.25) is 14.8 Å². The molecule has 0 radical (unpaired) electrons. The minimum absolute atomic E-state index is 0.276. The van der Waals surface area contributed by atoms with Crippen LogP contribution < -0.4 is 5.73 Å². The van der Waals surface area contributed by atoms with Crippen molar-refractivity contribution in [3.05, 3.63) is 30.1 Å². The van der Waals surface area contributed by atoms with Crippen molar-refractivity contribution >= 4 is 17.2 Å². The van der Waals surface area contributed by atoms with Gasteiger partial charge in [0.05, 0.1) is 11.0 Å². The van der Waals surface area contributed by atoms with E-state index in [0.717, 1.165) is 45.6 Å². The second kappa shape index (κ2) is 7.67. The van der Waals surface area contributed by atoms with Crippen LogP contribution in [0, 0.1) is 0 Å². The van der Waals surface area contributed by atoms with E-state index in [1.165, 1.54) is 5.56 Å². The summed E-state index contributed by atoms with van der Waals surface area (Å²) in [6, 6.07) is 4.45. The van der Waals surface area contributed by atoms with Crippen molar-refractivity contribution in [2.75, 3.05) is 26.2 Å². The number of pyridine rings is 1. The summed E-state index contributed by atoms with van der Waals surface area (Å²) in [5.74, 6) is 0. The van der Waals surface area contributed by atoms with E-state index < -0.39 is 0 Å². The second-order valence-corrected chi connectivity index (χ2v) is 5.85. The van der Waals surface area contributed by atoms with Gasteiger partial charge >= 0.3 is 0 Å². The predicted molar refractivity (Wildman–Crippen MR) is 86.6 cm³/mol. The van der Waals surface area contributed by atoms with E-state index in [2.05, 4.69) is 33.8 Å². The molecular formula is C15H24N4S. The number of nitrogens with two attached hydrogens (primary N) is 1. The van der Waals surface area contributed by atoms with Gasteiger partial charge in [0.15, 0.2) is 0 Å². The standard InChI is InChI=1S/C15H24N4S/c1-2-3-14(15(16)20)19-10-8-18(9-11-19)12-13-4-6-17-7-5-13/h4-7,14H,2-3,8-12H2,1H3,(H2,16,20). The van der Waals surface area contributed by atoms with Crippen LogP contribution >= 0.6 is 12.2 Å². The van der Waals surface area contributed by atoms with Crippen LogP contribution in [0.5, 0.6) is 0 Å². The summed E-state index contributed by atoms with van der Waals surface area (Å²) >= 11 is 5.21. The summed E-state index contributed by atoms with van der Waals surface area (Å²) < 4.78 is 0. The topological polar surface area (TPSA) is 45.4 Å². The molecule has 0 spiro atoms. The Labute approximate surface area is 127 Å². The summed E-state index contributed by atoms with van der Waals surface area (Å²) in [5, 5.41) is 0. The van der Waals surface area contributed by atoms with Crippen molar-refractivity contribution in [2.45, 2.75) is 32.4 Å². The first kappa shape index (κ1) is 15.4. The van der Waals surface area contributed by atoms with Gasteiger partial charge in [0, 0.05) is 45.1 Å². The summed E-state index contributed by atoms with van der Waals surface area (Å²) in [7, 11) is 0. The Morgan fingerprint density at radius 3 is 2.50 bits per heavy atom. The fourth-order valence-electron chi connectivity index (χ4n) is 2.76. The van der Waals surface area contributed by atoms with Gasteiger partial charge in [-0.15, -0.1) is 0 Å². The molecule has 0 saturated carbocycles. The van der Waals surface area contributed by atoms with Gasteiger partial charge in [0.25, 0.3) is 0 Å². The van der Waals surface area contributed by atoms with Gasteiger partial charge in [0.2, 0.25) is 0 Å². The van der Waals surface area contributed by atoms with Gasteiger partial charge in [-0.25, -0.2) is 0 Å². The van der Waals surface area contributed by atoms with Crippen molar-refractivity contribution in [1.82, 2.24) is 14.8 Å². The molecular weight excluding hydrogens is 268 g/mol. The quantitative estimate of drug-likeness (QED) is 0.808. The third-order valence-corrected chi connectivity index (χ3v) is 4.17. The van der Waals surface area contributed by atoms with Gasteiger partial charge in [-0.05, 0) is 24.1 Å². The fraction of sp³-hybridized carbons (Fsp3) is 0.600. The molecule has 2 N–H and O–H groups in total. The average molecular weight is 292 g/mol. The molecule has 110 valence electrons. The molecule has 1 fully saturated rings. The van der Waals surface area contributed by atoms with Crippen LogP contribution in [0.3, 0.4) is 0 Å². The molecule has 0 aliphatic carbocycles. The largest absolute Gasteiger partial charge is 0.392 e. The first-order valence-electron chi connectivity index (χ1n) is 7.35. The first-order valence-corrected chi connectivity index (χ1v) is 7.76. The lowest BCUT2D eigenvalue weighted by Gasteiger charge is -2.39. The molecule has 1 saturated heterocycles. The lowest BCUT2D eigenvalue weighted by molar-refractivity contribution is 0.110. The zero-order chi connectivity index (χ0) is 14.4. The van der Waals surface area contributed by atoms with Crippen LogP contribution in [0.1, 0.15) is 25.3 Å². The molecule has 0 aromatic carbocycles. The van der Waals surface area contributed by atoms with Gasteiger partial charge in [-0.1, -0.05) is 25.6 Å². The molecule has 1 unspecified atom stereocenters. The molecule has 1 aliphatic heterocycles. The number of thiocarbonyl (C=S) groups is 1. The van der Waals surface area contributed by atoms with Crippen molar-refractivity contribution in [3.8, 4) is 0 Å². The molecule has 2 heterocycles. The van der Waals surface area contributed by atoms with E-state index in [9.17, 15) is 0 Å². The van der Waals surface area contributed by atoms with Crippen LogP contribution in [0.4, 0.5) is 0 Å². The molecule has 20 heavy (non-hydrogen) atoms. The SMILES string of the molecule is CCCC(C(N)=S)N1CCN(Cc2ccncc2)CC1. The maximum atomic E-state index is 5.88. The second-order valence-electron chi connectivity index (χ2n) is 5.37. The summed E-state index contributed by atoms with van der Waals surface area (Å²) in [6.07, 6.45) is 5.91. The Kier molecular flexibility index (Phi) is 5.88. The van der Waals surface area contributed by atoms with Crippen LogP contribution in [-0.2, 0) is 6.54 Å². The zero-order valence-corrected chi connectivity index (χ0v) is 13.0. The van der Waals surface area contributed by atoms with E-state index in [0.29, 0.717) is 4.99 Å².